The van der Waals surface area contributed by atoms with Gasteiger partial charge < -0.3 is 14.6 Å². The van der Waals surface area contributed by atoms with Gasteiger partial charge >= 0.3 is 5.97 Å². The summed E-state index contributed by atoms with van der Waals surface area (Å²) in [6.45, 7) is 4.41. The van der Waals surface area contributed by atoms with Crippen molar-refractivity contribution >= 4 is 18.4 Å². The molecule has 1 aliphatic rings. The second-order valence-electron chi connectivity index (χ2n) is 2.90. The fourth-order valence-corrected chi connectivity index (χ4v) is 1.18. The number of carboxylic acid groups (broad SMARTS) is 1. The Balaban J connectivity index is 0.00000169. The average molecular weight is 226 g/mol. The molecule has 0 atom stereocenters. The van der Waals surface area contributed by atoms with E-state index in [1.54, 1.807) is 0 Å². The molecule has 0 aliphatic carbocycles. The number of hydrogen-bond donors (Lipinski definition) is 1. The minimum atomic E-state index is -0.915. The van der Waals surface area contributed by atoms with Gasteiger partial charge in [0.1, 0.15) is 6.61 Å². The van der Waals surface area contributed by atoms with Gasteiger partial charge in [0.05, 0.1) is 19.8 Å². The summed E-state index contributed by atoms with van der Waals surface area (Å²) in [5.41, 5.74) is 0. The zero-order chi connectivity index (χ0) is 9.52. The Morgan fingerprint density at radius 1 is 1.43 bits per heavy atom. The Morgan fingerprint density at radius 3 is 2.64 bits per heavy atom. The van der Waals surface area contributed by atoms with E-state index in [0.717, 1.165) is 32.8 Å². The van der Waals surface area contributed by atoms with Gasteiger partial charge in [0.15, 0.2) is 0 Å². The van der Waals surface area contributed by atoms with Gasteiger partial charge in [-0.05, 0) is 0 Å². The highest BCUT2D eigenvalue weighted by Crippen LogP contribution is 1.95. The molecule has 1 heterocycles. The number of morpholine rings is 1. The van der Waals surface area contributed by atoms with E-state index in [4.69, 9.17) is 14.6 Å². The van der Waals surface area contributed by atoms with Crippen LogP contribution in [0.5, 0.6) is 0 Å². The molecule has 6 heteroatoms. The van der Waals surface area contributed by atoms with Crippen molar-refractivity contribution in [2.45, 2.75) is 0 Å². The zero-order valence-electron chi connectivity index (χ0n) is 7.98. The zero-order valence-corrected chi connectivity index (χ0v) is 8.79. The van der Waals surface area contributed by atoms with Crippen molar-refractivity contribution in [1.82, 2.24) is 4.90 Å². The van der Waals surface area contributed by atoms with Gasteiger partial charge in [-0.15, -0.1) is 12.4 Å². The van der Waals surface area contributed by atoms with Crippen molar-refractivity contribution in [3.05, 3.63) is 0 Å². The van der Waals surface area contributed by atoms with Crippen LogP contribution in [-0.4, -0.2) is 62.0 Å². The van der Waals surface area contributed by atoms with Crippen molar-refractivity contribution in [2.75, 3.05) is 46.1 Å². The van der Waals surface area contributed by atoms with E-state index < -0.39 is 5.97 Å². The lowest BCUT2D eigenvalue weighted by Gasteiger charge is -2.26. The fourth-order valence-electron chi connectivity index (χ4n) is 1.18. The highest BCUT2D eigenvalue weighted by atomic mass is 35.5. The molecule has 1 N–H and O–H groups in total. The number of hydrogen-bond acceptors (Lipinski definition) is 4. The van der Waals surface area contributed by atoms with Gasteiger partial charge in [0, 0.05) is 19.6 Å². The van der Waals surface area contributed by atoms with Crippen LogP contribution in [-0.2, 0) is 14.3 Å². The smallest absolute Gasteiger partial charge is 0.329 e. The van der Waals surface area contributed by atoms with Crippen LogP contribution in [0.2, 0.25) is 0 Å². The molecule has 0 spiro atoms. The topological polar surface area (TPSA) is 59.0 Å². The summed E-state index contributed by atoms with van der Waals surface area (Å²) >= 11 is 0. The maximum Gasteiger partial charge on any atom is 0.329 e. The third-order valence-corrected chi connectivity index (χ3v) is 1.88. The molecular weight excluding hydrogens is 210 g/mol. The van der Waals surface area contributed by atoms with Gasteiger partial charge in [0.2, 0.25) is 0 Å². The summed E-state index contributed by atoms with van der Waals surface area (Å²) in [5, 5.41) is 8.29. The first-order valence-corrected chi connectivity index (χ1v) is 4.38. The molecule has 0 aromatic rings. The number of aliphatic carboxylic acids is 1. The molecule has 1 saturated heterocycles. The molecule has 84 valence electrons. The summed E-state index contributed by atoms with van der Waals surface area (Å²) in [4.78, 5) is 12.3. The van der Waals surface area contributed by atoms with E-state index in [9.17, 15) is 4.79 Å². The first-order chi connectivity index (χ1) is 6.29. The molecule has 1 fully saturated rings. The summed E-state index contributed by atoms with van der Waals surface area (Å²) in [5.74, 6) is -0.915. The van der Waals surface area contributed by atoms with Crippen molar-refractivity contribution in [2.24, 2.45) is 0 Å². The van der Waals surface area contributed by atoms with E-state index in [0.29, 0.717) is 6.61 Å². The van der Waals surface area contributed by atoms with Crippen molar-refractivity contribution in [3.63, 3.8) is 0 Å². The number of nitrogens with zero attached hydrogens (tertiary/aromatic N) is 1. The molecule has 0 bridgehead atoms. The molecule has 0 amide bonds. The van der Waals surface area contributed by atoms with Gasteiger partial charge in [-0.25, -0.2) is 4.79 Å². The Labute approximate surface area is 89.4 Å². The van der Waals surface area contributed by atoms with Crippen molar-refractivity contribution in [3.8, 4) is 0 Å². The fraction of sp³-hybridized carbons (Fsp3) is 0.875. The van der Waals surface area contributed by atoms with Crippen LogP contribution in [0.4, 0.5) is 0 Å². The number of halogens is 1. The normalized spacial score (nSPS) is 17.4. The van der Waals surface area contributed by atoms with E-state index in [1.165, 1.54) is 0 Å². The lowest BCUT2D eigenvalue weighted by atomic mass is 10.4. The minimum absolute atomic E-state index is 0. The number of rotatable bonds is 5. The standard InChI is InChI=1S/C8H15NO4.ClH/c10-8(11)7-13-6-3-9-1-4-12-5-2-9;/h1-7H2,(H,10,11);1H. The molecule has 5 nitrogen and oxygen atoms in total. The van der Waals surface area contributed by atoms with Crippen LogP contribution in [0.3, 0.4) is 0 Å². The number of ether oxygens (including phenoxy) is 2. The maximum atomic E-state index is 10.1. The molecule has 0 radical (unpaired) electrons. The Morgan fingerprint density at radius 2 is 2.07 bits per heavy atom. The molecule has 0 unspecified atom stereocenters. The van der Waals surface area contributed by atoms with E-state index >= 15 is 0 Å². The van der Waals surface area contributed by atoms with Crippen LogP contribution in [0, 0.1) is 0 Å². The minimum Gasteiger partial charge on any atom is -0.480 e. The second-order valence-corrected chi connectivity index (χ2v) is 2.90. The Bertz CT molecular complexity index is 161. The van der Waals surface area contributed by atoms with E-state index in [1.807, 2.05) is 0 Å². The lowest BCUT2D eigenvalue weighted by Crippen LogP contribution is -2.38. The SMILES string of the molecule is Cl.O=C(O)COCCN1CCOCC1. The largest absolute Gasteiger partial charge is 0.480 e. The Hall–Kier alpha value is -0.360. The first-order valence-electron chi connectivity index (χ1n) is 4.38. The van der Waals surface area contributed by atoms with Crippen LogP contribution >= 0.6 is 12.4 Å². The summed E-state index contributed by atoms with van der Waals surface area (Å²) in [6.07, 6.45) is 0. The highest BCUT2D eigenvalue weighted by Gasteiger charge is 2.09. The monoisotopic (exact) mass is 225 g/mol. The summed E-state index contributed by atoms with van der Waals surface area (Å²) in [7, 11) is 0. The second kappa shape index (κ2) is 7.99. The highest BCUT2D eigenvalue weighted by molar-refractivity contribution is 5.85. The molecule has 1 aliphatic heterocycles. The van der Waals surface area contributed by atoms with Gasteiger partial charge in [-0.2, -0.15) is 0 Å². The predicted octanol–water partition coefficient (Wildman–Crippen LogP) is -0.158. The van der Waals surface area contributed by atoms with Gasteiger partial charge in [-0.3, -0.25) is 4.90 Å². The summed E-state index contributed by atoms with van der Waals surface area (Å²) < 4.78 is 10.1. The van der Waals surface area contributed by atoms with Crippen LogP contribution in [0.15, 0.2) is 0 Å². The van der Waals surface area contributed by atoms with Gasteiger partial charge in [-0.1, -0.05) is 0 Å². The van der Waals surface area contributed by atoms with Crippen molar-refractivity contribution < 1.29 is 19.4 Å². The van der Waals surface area contributed by atoms with Gasteiger partial charge in [0.25, 0.3) is 0 Å². The molecule has 14 heavy (non-hydrogen) atoms. The first kappa shape index (κ1) is 13.6. The van der Waals surface area contributed by atoms with E-state index in [2.05, 4.69) is 4.90 Å². The molecule has 0 aromatic carbocycles. The average Bonchev–Trinajstić information content (AvgIpc) is 2.14. The predicted molar refractivity (Wildman–Crippen MR) is 53.0 cm³/mol. The third kappa shape index (κ3) is 6.15. The molecular formula is C8H16ClNO4. The number of carboxylic acids is 1. The number of carbonyl (C=O) groups is 1. The lowest BCUT2D eigenvalue weighted by molar-refractivity contribution is -0.142. The molecule has 0 aromatic heterocycles. The third-order valence-electron chi connectivity index (χ3n) is 1.88. The quantitative estimate of drug-likeness (QED) is 0.659. The molecule has 1 rings (SSSR count). The van der Waals surface area contributed by atoms with Crippen LogP contribution in [0.1, 0.15) is 0 Å². The van der Waals surface area contributed by atoms with Crippen LogP contribution < -0.4 is 0 Å². The summed E-state index contributed by atoms with van der Waals surface area (Å²) in [6, 6.07) is 0. The maximum absolute atomic E-state index is 10.1. The van der Waals surface area contributed by atoms with Crippen LogP contribution in [0.25, 0.3) is 0 Å². The van der Waals surface area contributed by atoms with E-state index in [-0.39, 0.29) is 19.0 Å². The molecule has 0 saturated carbocycles. The Kier molecular flexibility index (Phi) is 7.78. The van der Waals surface area contributed by atoms with Crippen molar-refractivity contribution in [1.29, 1.82) is 0 Å².